The summed E-state index contributed by atoms with van der Waals surface area (Å²) in [5.41, 5.74) is 6.69. The lowest BCUT2D eigenvalue weighted by atomic mass is 10.1. The van der Waals surface area contributed by atoms with E-state index < -0.39 is 10.0 Å². The average Bonchev–Trinajstić information content (AvgIpc) is 2.80. The maximum Gasteiger partial charge on any atom is 0.251 e. The van der Waals surface area contributed by atoms with Gasteiger partial charge in [0.1, 0.15) is 0 Å². The second-order valence-corrected chi connectivity index (χ2v) is 11.5. The average molecular weight is 497 g/mol. The van der Waals surface area contributed by atoms with Gasteiger partial charge in [-0.2, -0.15) is 11.8 Å². The van der Waals surface area contributed by atoms with E-state index in [1.807, 2.05) is 32.0 Å². The van der Waals surface area contributed by atoms with Gasteiger partial charge in [-0.05, 0) is 67.3 Å². The largest absolute Gasteiger partial charge is 0.351 e. The Morgan fingerprint density at radius 1 is 0.882 bits per heavy atom. The highest BCUT2D eigenvalue weighted by atomic mass is 32.2. The van der Waals surface area contributed by atoms with E-state index in [-0.39, 0.29) is 12.5 Å². The van der Waals surface area contributed by atoms with E-state index in [2.05, 4.69) is 36.5 Å². The molecule has 0 aliphatic carbocycles. The number of hydrogen-bond acceptors (Lipinski definition) is 4. The Kier molecular flexibility index (Phi) is 8.80. The van der Waals surface area contributed by atoms with Crippen molar-refractivity contribution in [2.24, 2.45) is 0 Å². The minimum atomic E-state index is -3.46. The molecule has 0 unspecified atom stereocenters. The highest BCUT2D eigenvalue weighted by molar-refractivity contribution is 7.98. The minimum Gasteiger partial charge on any atom is -0.351 e. The van der Waals surface area contributed by atoms with E-state index in [0.717, 1.165) is 28.2 Å². The zero-order valence-electron chi connectivity index (χ0n) is 20.2. The topological polar surface area (TPSA) is 66.5 Å². The number of nitrogens with one attached hydrogen (secondary N) is 1. The summed E-state index contributed by atoms with van der Waals surface area (Å²) in [4.78, 5) is 12.5. The van der Waals surface area contributed by atoms with Crippen molar-refractivity contribution in [1.82, 2.24) is 5.32 Å². The molecule has 0 aliphatic rings. The van der Waals surface area contributed by atoms with Crippen molar-refractivity contribution in [3.05, 3.63) is 100 Å². The molecule has 1 amide bonds. The van der Waals surface area contributed by atoms with Crippen molar-refractivity contribution < 1.29 is 13.2 Å². The van der Waals surface area contributed by atoms with Gasteiger partial charge < -0.3 is 5.32 Å². The number of hydrogen-bond donors (Lipinski definition) is 1. The van der Waals surface area contributed by atoms with Gasteiger partial charge in [0.15, 0.2) is 0 Å². The number of carbonyl (C=O) groups is 1. The number of anilines is 1. The number of sulfonamides is 1. The maximum atomic E-state index is 12.5. The van der Waals surface area contributed by atoms with Crippen molar-refractivity contribution in [2.45, 2.75) is 33.1 Å². The minimum absolute atomic E-state index is 0.128. The summed E-state index contributed by atoms with van der Waals surface area (Å²) in [5, 5.41) is 2.95. The molecule has 0 fully saturated rings. The zero-order valence-corrected chi connectivity index (χ0v) is 21.8. The first-order valence-electron chi connectivity index (χ1n) is 11.2. The first-order chi connectivity index (χ1) is 16.1. The Morgan fingerprint density at radius 3 is 2.15 bits per heavy atom. The Morgan fingerprint density at radius 2 is 1.53 bits per heavy atom. The molecular formula is C27H32N2O3S2. The lowest BCUT2D eigenvalue weighted by Gasteiger charge is -2.23. The van der Waals surface area contributed by atoms with Crippen LogP contribution in [0.2, 0.25) is 0 Å². The quantitative estimate of drug-likeness (QED) is 0.390. The molecule has 180 valence electrons. The number of rotatable bonds is 10. The fourth-order valence-electron chi connectivity index (χ4n) is 3.42. The van der Waals surface area contributed by atoms with Crippen LogP contribution in [0.5, 0.6) is 0 Å². The van der Waals surface area contributed by atoms with E-state index in [9.17, 15) is 13.2 Å². The van der Waals surface area contributed by atoms with Gasteiger partial charge in [-0.3, -0.25) is 9.10 Å². The molecule has 0 radical (unpaired) electrons. The van der Waals surface area contributed by atoms with Crippen LogP contribution in [0, 0.1) is 20.8 Å². The molecule has 0 saturated heterocycles. The molecule has 3 aromatic rings. The molecule has 3 aromatic carbocycles. The molecule has 0 aliphatic heterocycles. The van der Waals surface area contributed by atoms with E-state index in [4.69, 9.17) is 0 Å². The van der Waals surface area contributed by atoms with Gasteiger partial charge in [-0.25, -0.2) is 8.42 Å². The van der Waals surface area contributed by atoms with Gasteiger partial charge in [-0.1, -0.05) is 48.0 Å². The monoisotopic (exact) mass is 496 g/mol. The van der Waals surface area contributed by atoms with Crippen LogP contribution in [0.1, 0.15) is 38.2 Å². The molecule has 34 heavy (non-hydrogen) atoms. The molecular weight excluding hydrogens is 464 g/mol. The van der Waals surface area contributed by atoms with Gasteiger partial charge in [0.05, 0.1) is 18.5 Å². The van der Waals surface area contributed by atoms with Crippen LogP contribution in [-0.4, -0.2) is 32.9 Å². The van der Waals surface area contributed by atoms with E-state index in [1.165, 1.54) is 21.7 Å². The second kappa shape index (κ2) is 11.6. The summed E-state index contributed by atoms with van der Waals surface area (Å²) in [6.07, 6.45) is 1.21. The number of amides is 1. The van der Waals surface area contributed by atoms with E-state index >= 15 is 0 Å². The molecule has 5 nitrogen and oxygen atoms in total. The van der Waals surface area contributed by atoms with Crippen LogP contribution >= 0.6 is 11.8 Å². The fraction of sp³-hybridized carbons (Fsp3) is 0.296. The van der Waals surface area contributed by atoms with Crippen molar-refractivity contribution in [3.8, 4) is 0 Å². The normalized spacial score (nSPS) is 11.3. The summed E-state index contributed by atoms with van der Waals surface area (Å²) in [5.74, 6) is 1.62. The Hall–Kier alpha value is -2.77. The fourth-order valence-corrected chi connectivity index (χ4v) is 5.12. The van der Waals surface area contributed by atoms with Crippen LogP contribution in [0.25, 0.3) is 0 Å². The van der Waals surface area contributed by atoms with Crippen LogP contribution in [0.4, 0.5) is 5.69 Å². The SMILES string of the molecule is Cc1ccc(CSCCNC(=O)c2ccc(CN(c3ccc(C)c(C)c3)S(C)(=O)=O)cc2)cc1. The summed E-state index contributed by atoms with van der Waals surface area (Å²) < 4.78 is 26.3. The standard InChI is InChI=1S/C27H32N2O3S2/c1-20-5-8-24(9-6-20)19-33-16-15-28-27(30)25-12-10-23(11-13-25)18-29(34(4,31)32)26-14-7-21(2)22(3)17-26/h5-14,17H,15-16,18-19H2,1-4H3,(H,28,30). The van der Waals surface area contributed by atoms with E-state index in [0.29, 0.717) is 17.8 Å². The summed E-state index contributed by atoms with van der Waals surface area (Å²) in [6.45, 7) is 6.83. The van der Waals surface area contributed by atoms with Gasteiger partial charge in [0.2, 0.25) is 10.0 Å². The highest BCUT2D eigenvalue weighted by Gasteiger charge is 2.18. The number of benzene rings is 3. The Bertz CT molecular complexity index is 1220. The van der Waals surface area contributed by atoms with Gasteiger partial charge in [0, 0.05) is 23.6 Å². The molecule has 3 rings (SSSR count). The Balaban J connectivity index is 1.54. The third kappa shape index (κ3) is 7.37. The third-order valence-corrected chi connectivity index (χ3v) is 7.81. The molecule has 0 aromatic heterocycles. The number of carbonyl (C=O) groups excluding carboxylic acids is 1. The van der Waals surface area contributed by atoms with E-state index in [1.54, 1.807) is 36.0 Å². The van der Waals surface area contributed by atoms with Gasteiger partial charge in [-0.15, -0.1) is 0 Å². The lowest BCUT2D eigenvalue weighted by Crippen LogP contribution is -2.29. The van der Waals surface area contributed by atoms with Crippen LogP contribution in [0.15, 0.2) is 66.7 Å². The summed E-state index contributed by atoms with van der Waals surface area (Å²) >= 11 is 1.78. The summed E-state index contributed by atoms with van der Waals surface area (Å²) in [7, 11) is -3.46. The van der Waals surface area contributed by atoms with Gasteiger partial charge in [0.25, 0.3) is 5.91 Å². The number of nitrogens with zero attached hydrogens (tertiary/aromatic N) is 1. The van der Waals surface area contributed by atoms with Gasteiger partial charge >= 0.3 is 0 Å². The molecule has 7 heteroatoms. The molecule has 0 atom stereocenters. The first-order valence-corrected chi connectivity index (χ1v) is 14.2. The number of aryl methyl sites for hydroxylation is 3. The predicted molar refractivity (Wildman–Crippen MR) is 143 cm³/mol. The second-order valence-electron chi connectivity index (χ2n) is 8.53. The smallest absolute Gasteiger partial charge is 0.251 e. The summed E-state index contributed by atoms with van der Waals surface area (Å²) in [6, 6.07) is 21.2. The van der Waals surface area contributed by atoms with Crippen LogP contribution in [-0.2, 0) is 22.3 Å². The van der Waals surface area contributed by atoms with Crippen LogP contribution < -0.4 is 9.62 Å². The van der Waals surface area contributed by atoms with Crippen molar-refractivity contribution in [2.75, 3.05) is 22.9 Å². The van der Waals surface area contributed by atoms with Crippen LogP contribution in [0.3, 0.4) is 0 Å². The molecule has 0 saturated carbocycles. The molecule has 1 N–H and O–H groups in total. The first kappa shape index (κ1) is 25.8. The molecule has 0 heterocycles. The third-order valence-electron chi connectivity index (χ3n) is 5.64. The number of thioether (sulfide) groups is 1. The van der Waals surface area contributed by atoms with Crippen molar-refractivity contribution in [1.29, 1.82) is 0 Å². The zero-order chi connectivity index (χ0) is 24.7. The predicted octanol–water partition coefficient (Wildman–Crippen LogP) is 5.24. The maximum absolute atomic E-state index is 12.5. The van der Waals surface area contributed by atoms with Crippen molar-refractivity contribution in [3.63, 3.8) is 0 Å². The molecule has 0 bridgehead atoms. The van der Waals surface area contributed by atoms with Crippen molar-refractivity contribution >= 4 is 33.4 Å². The highest BCUT2D eigenvalue weighted by Crippen LogP contribution is 2.23. The lowest BCUT2D eigenvalue weighted by molar-refractivity contribution is 0.0956. The Labute approximate surface area is 207 Å². The molecule has 0 spiro atoms.